The van der Waals surface area contributed by atoms with Gasteiger partial charge >= 0.3 is 0 Å². The van der Waals surface area contributed by atoms with Gasteiger partial charge in [0.15, 0.2) is 0 Å². The smallest absolute Gasteiger partial charge is 0.224 e. The maximum absolute atomic E-state index is 11.8. The maximum atomic E-state index is 11.8. The van der Waals surface area contributed by atoms with E-state index in [0.29, 0.717) is 19.4 Å². The standard InChI is InChI=1S/C17H19N3OS/c1-11-3-4-14-17(12(11)2)20-15(19-14)5-7-18-16(21)9-13-6-8-22-10-13/h3-4,6,8,10H,5,7,9H2,1-2H3,(H,18,21)(H,19,20). The van der Waals surface area contributed by atoms with E-state index in [-0.39, 0.29) is 5.91 Å². The molecule has 1 aromatic carbocycles. The minimum absolute atomic E-state index is 0.0570. The summed E-state index contributed by atoms with van der Waals surface area (Å²) in [5.41, 5.74) is 5.61. The van der Waals surface area contributed by atoms with Crippen molar-refractivity contribution < 1.29 is 4.79 Å². The van der Waals surface area contributed by atoms with Gasteiger partial charge in [-0.1, -0.05) is 6.07 Å². The summed E-state index contributed by atoms with van der Waals surface area (Å²) in [6, 6.07) is 6.14. The van der Waals surface area contributed by atoms with Crippen LogP contribution >= 0.6 is 11.3 Å². The van der Waals surface area contributed by atoms with Gasteiger partial charge in [0.1, 0.15) is 5.82 Å². The summed E-state index contributed by atoms with van der Waals surface area (Å²) in [6.07, 6.45) is 1.16. The fourth-order valence-electron chi connectivity index (χ4n) is 2.44. The van der Waals surface area contributed by atoms with Crippen molar-refractivity contribution in [1.29, 1.82) is 0 Å². The van der Waals surface area contributed by atoms with Crippen LogP contribution in [0.3, 0.4) is 0 Å². The van der Waals surface area contributed by atoms with Crippen LogP contribution in [0.4, 0.5) is 0 Å². The quantitative estimate of drug-likeness (QED) is 0.760. The molecule has 0 aliphatic rings. The number of H-pyrrole nitrogens is 1. The van der Waals surface area contributed by atoms with E-state index in [4.69, 9.17) is 0 Å². The molecule has 2 aromatic heterocycles. The van der Waals surface area contributed by atoms with Crippen molar-refractivity contribution in [2.24, 2.45) is 0 Å². The SMILES string of the molecule is Cc1ccc2[nH]c(CCNC(=O)Cc3ccsc3)nc2c1C. The first-order valence-electron chi connectivity index (χ1n) is 7.36. The number of aromatic nitrogens is 2. The van der Waals surface area contributed by atoms with Crippen LogP contribution in [-0.2, 0) is 17.6 Å². The number of nitrogens with zero attached hydrogens (tertiary/aromatic N) is 1. The van der Waals surface area contributed by atoms with Crippen molar-refractivity contribution in [2.75, 3.05) is 6.54 Å². The highest BCUT2D eigenvalue weighted by molar-refractivity contribution is 7.07. The molecular formula is C17H19N3OS. The van der Waals surface area contributed by atoms with Crippen LogP contribution in [-0.4, -0.2) is 22.4 Å². The number of carbonyl (C=O) groups excluding carboxylic acids is 1. The second kappa shape index (κ2) is 6.32. The molecule has 0 aliphatic heterocycles. The largest absolute Gasteiger partial charge is 0.355 e. The summed E-state index contributed by atoms with van der Waals surface area (Å²) in [4.78, 5) is 19.8. The number of fused-ring (bicyclic) bond motifs is 1. The number of hydrogen-bond acceptors (Lipinski definition) is 3. The van der Waals surface area contributed by atoms with Crippen LogP contribution in [0.1, 0.15) is 22.5 Å². The van der Waals surface area contributed by atoms with Gasteiger partial charge in [0.05, 0.1) is 17.5 Å². The van der Waals surface area contributed by atoms with Gasteiger partial charge in [-0.3, -0.25) is 4.79 Å². The molecule has 0 aliphatic carbocycles. The summed E-state index contributed by atoms with van der Waals surface area (Å²) in [7, 11) is 0. The summed E-state index contributed by atoms with van der Waals surface area (Å²) in [5, 5.41) is 6.94. The van der Waals surface area contributed by atoms with Crippen molar-refractivity contribution in [3.05, 3.63) is 51.5 Å². The van der Waals surface area contributed by atoms with Crippen LogP contribution in [0.2, 0.25) is 0 Å². The van der Waals surface area contributed by atoms with E-state index in [1.165, 1.54) is 11.1 Å². The number of amides is 1. The molecule has 2 N–H and O–H groups in total. The van der Waals surface area contributed by atoms with Crippen molar-refractivity contribution in [3.8, 4) is 0 Å². The fourth-order valence-corrected chi connectivity index (χ4v) is 3.11. The van der Waals surface area contributed by atoms with E-state index < -0.39 is 0 Å². The predicted octanol–water partition coefficient (Wildman–Crippen LogP) is 3.14. The Kier molecular flexibility index (Phi) is 4.24. The molecule has 0 unspecified atom stereocenters. The highest BCUT2D eigenvalue weighted by Crippen LogP contribution is 2.19. The minimum atomic E-state index is 0.0570. The number of thiophene rings is 1. The number of nitrogens with one attached hydrogen (secondary N) is 2. The molecule has 0 saturated heterocycles. The molecule has 0 fully saturated rings. The zero-order valence-electron chi connectivity index (χ0n) is 12.8. The molecule has 0 saturated carbocycles. The van der Waals surface area contributed by atoms with Gasteiger partial charge in [-0.2, -0.15) is 11.3 Å². The molecular weight excluding hydrogens is 294 g/mol. The number of carbonyl (C=O) groups is 1. The zero-order valence-corrected chi connectivity index (χ0v) is 13.6. The van der Waals surface area contributed by atoms with Gasteiger partial charge in [0, 0.05) is 13.0 Å². The zero-order chi connectivity index (χ0) is 15.5. The van der Waals surface area contributed by atoms with Crippen molar-refractivity contribution in [1.82, 2.24) is 15.3 Å². The summed E-state index contributed by atoms with van der Waals surface area (Å²) < 4.78 is 0. The molecule has 0 atom stereocenters. The van der Waals surface area contributed by atoms with Crippen LogP contribution in [0.25, 0.3) is 11.0 Å². The molecule has 1 amide bonds. The number of imidazole rings is 1. The summed E-state index contributed by atoms with van der Waals surface area (Å²) >= 11 is 1.61. The van der Waals surface area contributed by atoms with Crippen molar-refractivity contribution in [2.45, 2.75) is 26.7 Å². The van der Waals surface area contributed by atoms with Crippen LogP contribution in [0.15, 0.2) is 29.0 Å². The topological polar surface area (TPSA) is 57.8 Å². The Morgan fingerprint density at radius 1 is 1.32 bits per heavy atom. The van der Waals surface area contributed by atoms with Gasteiger partial charge in [-0.05, 0) is 53.4 Å². The Balaban J connectivity index is 1.57. The van der Waals surface area contributed by atoms with Gasteiger partial charge in [0.2, 0.25) is 5.91 Å². The number of rotatable bonds is 5. The monoisotopic (exact) mass is 313 g/mol. The Hall–Kier alpha value is -2.14. The van der Waals surface area contributed by atoms with Crippen LogP contribution < -0.4 is 5.32 Å². The summed E-state index contributed by atoms with van der Waals surface area (Å²) in [5.74, 6) is 0.973. The van der Waals surface area contributed by atoms with Gasteiger partial charge in [-0.15, -0.1) is 0 Å². The van der Waals surface area contributed by atoms with Crippen molar-refractivity contribution >= 4 is 28.3 Å². The predicted molar refractivity (Wildman–Crippen MR) is 90.3 cm³/mol. The molecule has 0 radical (unpaired) electrons. The molecule has 22 heavy (non-hydrogen) atoms. The number of aromatic amines is 1. The minimum Gasteiger partial charge on any atom is -0.355 e. The Morgan fingerprint density at radius 2 is 2.18 bits per heavy atom. The normalized spacial score (nSPS) is 11.0. The highest BCUT2D eigenvalue weighted by Gasteiger charge is 2.08. The number of aryl methyl sites for hydroxylation is 2. The fraction of sp³-hybridized carbons (Fsp3) is 0.294. The van der Waals surface area contributed by atoms with Crippen LogP contribution in [0, 0.1) is 13.8 Å². The molecule has 2 heterocycles. The third-order valence-electron chi connectivity index (χ3n) is 3.86. The lowest BCUT2D eigenvalue weighted by Gasteiger charge is -2.02. The van der Waals surface area contributed by atoms with Crippen LogP contribution in [0.5, 0.6) is 0 Å². The van der Waals surface area contributed by atoms with Gasteiger partial charge in [-0.25, -0.2) is 4.98 Å². The van der Waals surface area contributed by atoms with E-state index in [0.717, 1.165) is 22.4 Å². The lowest BCUT2D eigenvalue weighted by molar-refractivity contribution is -0.120. The van der Waals surface area contributed by atoms with E-state index in [2.05, 4.69) is 41.3 Å². The molecule has 4 nitrogen and oxygen atoms in total. The molecule has 5 heteroatoms. The second-order valence-corrected chi connectivity index (χ2v) is 6.28. The molecule has 114 valence electrons. The lowest BCUT2D eigenvalue weighted by atomic mass is 10.1. The third-order valence-corrected chi connectivity index (χ3v) is 4.59. The average molecular weight is 313 g/mol. The number of benzene rings is 1. The molecule has 0 spiro atoms. The molecule has 0 bridgehead atoms. The van der Waals surface area contributed by atoms with Crippen molar-refractivity contribution in [3.63, 3.8) is 0 Å². The first-order valence-corrected chi connectivity index (χ1v) is 8.30. The Bertz CT molecular complexity index is 790. The number of hydrogen-bond donors (Lipinski definition) is 2. The van der Waals surface area contributed by atoms with E-state index in [1.54, 1.807) is 11.3 Å². The first kappa shape index (κ1) is 14.8. The average Bonchev–Trinajstić information content (AvgIpc) is 3.12. The molecule has 3 rings (SSSR count). The second-order valence-electron chi connectivity index (χ2n) is 5.50. The maximum Gasteiger partial charge on any atom is 0.224 e. The van der Waals surface area contributed by atoms with E-state index in [1.807, 2.05) is 16.8 Å². The lowest BCUT2D eigenvalue weighted by Crippen LogP contribution is -2.27. The third kappa shape index (κ3) is 3.20. The Morgan fingerprint density at radius 3 is 2.95 bits per heavy atom. The Labute approximate surface area is 133 Å². The first-order chi connectivity index (χ1) is 10.6. The van der Waals surface area contributed by atoms with E-state index >= 15 is 0 Å². The summed E-state index contributed by atoms with van der Waals surface area (Å²) in [6.45, 7) is 4.78. The van der Waals surface area contributed by atoms with Gasteiger partial charge < -0.3 is 10.3 Å². The van der Waals surface area contributed by atoms with E-state index in [9.17, 15) is 4.79 Å². The molecule has 3 aromatic rings. The highest BCUT2D eigenvalue weighted by atomic mass is 32.1. The van der Waals surface area contributed by atoms with Gasteiger partial charge in [0.25, 0.3) is 0 Å².